The first-order valence-corrected chi connectivity index (χ1v) is 9.50. The molecule has 1 saturated heterocycles. The Kier molecular flexibility index (Phi) is 4.22. The Morgan fingerprint density at radius 3 is 2.92 bits per heavy atom. The van der Waals surface area contributed by atoms with Gasteiger partial charge in [0.1, 0.15) is 10.8 Å². The fourth-order valence-electron chi connectivity index (χ4n) is 4.00. The van der Waals surface area contributed by atoms with E-state index in [1.165, 1.54) is 5.56 Å². The van der Waals surface area contributed by atoms with E-state index in [1.807, 2.05) is 18.5 Å². The first-order valence-electron chi connectivity index (χ1n) is 8.51. The minimum absolute atomic E-state index is 0.149. The molecule has 0 spiro atoms. The Hall–Kier alpha value is -1.59. The third-order valence-corrected chi connectivity index (χ3v) is 6.22. The van der Waals surface area contributed by atoms with Crippen LogP contribution in [0.2, 0.25) is 0 Å². The zero-order valence-electron chi connectivity index (χ0n) is 14.1. The maximum atomic E-state index is 5.87. The molecule has 0 radical (unpaired) electrons. The Balaban J connectivity index is 1.41. The summed E-state index contributed by atoms with van der Waals surface area (Å²) in [5.41, 5.74) is 1.45. The van der Waals surface area contributed by atoms with Crippen molar-refractivity contribution in [1.82, 2.24) is 9.97 Å². The highest BCUT2D eigenvalue weighted by atomic mass is 32.2. The molecule has 1 aliphatic carbocycles. The van der Waals surface area contributed by atoms with Crippen LogP contribution in [0.1, 0.15) is 25.8 Å². The molecule has 4 rings (SSSR count). The van der Waals surface area contributed by atoms with Crippen LogP contribution in [0.5, 0.6) is 0 Å². The van der Waals surface area contributed by atoms with Gasteiger partial charge < -0.3 is 10.1 Å². The average Bonchev–Trinajstić information content (AvgIpc) is 3.06. The predicted octanol–water partition coefficient (Wildman–Crippen LogP) is 3.99. The molecule has 2 heterocycles. The monoisotopic (exact) mass is 341 g/mol. The molecule has 1 aliphatic heterocycles. The van der Waals surface area contributed by atoms with Crippen LogP contribution in [0.15, 0.2) is 47.8 Å². The number of nitrogens with zero attached hydrogens (tertiary/aromatic N) is 2. The first-order chi connectivity index (χ1) is 11.6. The van der Waals surface area contributed by atoms with E-state index in [2.05, 4.69) is 48.4 Å². The van der Waals surface area contributed by atoms with Crippen molar-refractivity contribution in [3.8, 4) is 0 Å². The summed E-state index contributed by atoms with van der Waals surface area (Å²) >= 11 is 1.72. The van der Waals surface area contributed by atoms with Gasteiger partial charge in [-0.05, 0) is 12.0 Å². The van der Waals surface area contributed by atoms with Gasteiger partial charge in [0.15, 0.2) is 0 Å². The second kappa shape index (κ2) is 6.37. The largest absolute Gasteiger partial charge is 0.377 e. The van der Waals surface area contributed by atoms with Gasteiger partial charge in [0.05, 0.1) is 18.5 Å². The zero-order valence-corrected chi connectivity index (χ0v) is 14.9. The number of ether oxygens (including phenoxy) is 1. The minimum atomic E-state index is 0.149. The molecule has 1 saturated carbocycles. The molecule has 4 nitrogen and oxygen atoms in total. The second-order valence-corrected chi connectivity index (χ2v) is 8.20. The number of hydrogen-bond acceptors (Lipinski definition) is 5. The fourth-order valence-corrected chi connectivity index (χ4v) is 4.80. The van der Waals surface area contributed by atoms with Crippen LogP contribution in [0, 0.1) is 11.3 Å². The second-order valence-electron chi connectivity index (χ2n) is 7.20. The van der Waals surface area contributed by atoms with Crippen molar-refractivity contribution in [3.05, 3.63) is 48.3 Å². The highest BCUT2D eigenvalue weighted by Crippen LogP contribution is 2.53. The molecule has 3 atom stereocenters. The van der Waals surface area contributed by atoms with E-state index in [9.17, 15) is 0 Å². The minimum Gasteiger partial charge on any atom is -0.377 e. The average molecular weight is 341 g/mol. The van der Waals surface area contributed by atoms with Crippen LogP contribution < -0.4 is 5.32 Å². The van der Waals surface area contributed by atoms with Gasteiger partial charge in [0.25, 0.3) is 0 Å². The summed E-state index contributed by atoms with van der Waals surface area (Å²) in [6.07, 6.45) is 5.19. The van der Waals surface area contributed by atoms with Crippen molar-refractivity contribution < 1.29 is 4.74 Å². The molecule has 3 unspecified atom stereocenters. The number of anilines is 1. The van der Waals surface area contributed by atoms with Gasteiger partial charge in [-0.3, -0.25) is 4.98 Å². The molecule has 24 heavy (non-hydrogen) atoms. The summed E-state index contributed by atoms with van der Waals surface area (Å²) in [7, 11) is 0. The molecular weight excluding hydrogens is 318 g/mol. The summed E-state index contributed by atoms with van der Waals surface area (Å²) in [6, 6.07) is 10.9. The van der Waals surface area contributed by atoms with E-state index < -0.39 is 0 Å². The molecule has 126 valence electrons. The molecule has 1 aromatic heterocycles. The summed E-state index contributed by atoms with van der Waals surface area (Å²) in [5.74, 6) is 2.38. The number of rotatable bonds is 5. The van der Waals surface area contributed by atoms with Crippen LogP contribution in [-0.2, 0) is 10.5 Å². The molecule has 0 amide bonds. The van der Waals surface area contributed by atoms with Gasteiger partial charge in [-0.2, -0.15) is 0 Å². The van der Waals surface area contributed by atoms with Crippen LogP contribution in [0.3, 0.4) is 0 Å². The lowest BCUT2D eigenvalue weighted by molar-refractivity contribution is -0.0924. The standard InChI is InChI=1S/C19H23N3OS/c1-19(2)17(14-8-9-23-18(14)19)22-15-10-20-11-16(21-15)24-12-13-6-4-3-5-7-13/h3-7,10-11,14,17-18H,8-9,12H2,1-2H3,(H,21,22). The van der Waals surface area contributed by atoms with E-state index in [1.54, 1.807) is 11.8 Å². The normalized spacial score (nSPS) is 27.3. The predicted molar refractivity (Wildman–Crippen MR) is 97.1 cm³/mol. The van der Waals surface area contributed by atoms with Gasteiger partial charge >= 0.3 is 0 Å². The number of nitrogens with one attached hydrogen (secondary N) is 1. The first kappa shape index (κ1) is 15.9. The molecular formula is C19H23N3OS. The maximum Gasteiger partial charge on any atom is 0.146 e. The van der Waals surface area contributed by atoms with Gasteiger partial charge in [0, 0.05) is 29.7 Å². The number of thioether (sulfide) groups is 1. The Morgan fingerprint density at radius 1 is 1.25 bits per heavy atom. The molecule has 2 aliphatic rings. The van der Waals surface area contributed by atoms with Gasteiger partial charge in [-0.15, -0.1) is 11.8 Å². The van der Waals surface area contributed by atoms with Gasteiger partial charge in [0.2, 0.25) is 0 Å². The van der Waals surface area contributed by atoms with E-state index in [0.717, 1.165) is 29.6 Å². The van der Waals surface area contributed by atoms with Crippen molar-refractivity contribution in [2.75, 3.05) is 11.9 Å². The lowest BCUT2D eigenvalue weighted by atomic mass is 9.57. The fraction of sp³-hybridized carbons (Fsp3) is 0.474. The van der Waals surface area contributed by atoms with E-state index >= 15 is 0 Å². The highest BCUT2D eigenvalue weighted by molar-refractivity contribution is 7.98. The van der Waals surface area contributed by atoms with Crippen LogP contribution in [0.4, 0.5) is 5.82 Å². The summed E-state index contributed by atoms with van der Waals surface area (Å²) < 4.78 is 5.87. The number of aromatic nitrogens is 2. The number of fused-ring (bicyclic) bond motifs is 1. The number of hydrogen-bond donors (Lipinski definition) is 1. The summed E-state index contributed by atoms with van der Waals surface area (Å²) in [5, 5.41) is 4.57. The van der Waals surface area contributed by atoms with Crippen LogP contribution in [0.25, 0.3) is 0 Å². The zero-order chi connectivity index (χ0) is 16.6. The SMILES string of the molecule is CC1(C)C(Nc2cncc(SCc3ccccc3)n2)C2CCOC21. The maximum absolute atomic E-state index is 5.87. The van der Waals surface area contributed by atoms with Crippen molar-refractivity contribution >= 4 is 17.6 Å². The molecule has 2 aromatic rings. The van der Waals surface area contributed by atoms with E-state index in [0.29, 0.717) is 18.1 Å². The molecule has 1 aromatic carbocycles. The Labute approximate surface area is 147 Å². The Morgan fingerprint density at radius 2 is 2.08 bits per heavy atom. The van der Waals surface area contributed by atoms with E-state index in [-0.39, 0.29) is 5.41 Å². The van der Waals surface area contributed by atoms with Crippen molar-refractivity contribution in [1.29, 1.82) is 0 Å². The lowest BCUT2D eigenvalue weighted by Gasteiger charge is -2.54. The topological polar surface area (TPSA) is 47.0 Å². The molecule has 1 N–H and O–H groups in total. The van der Waals surface area contributed by atoms with Gasteiger partial charge in [-0.25, -0.2) is 4.98 Å². The Bertz CT molecular complexity index is 707. The third kappa shape index (κ3) is 2.91. The summed E-state index contributed by atoms with van der Waals surface area (Å²) in [6.45, 7) is 5.44. The van der Waals surface area contributed by atoms with Crippen molar-refractivity contribution in [2.24, 2.45) is 11.3 Å². The van der Waals surface area contributed by atoms with Gasteiger partial charge in [-0.1, -0.05) is 44.2 Å². The van der Waals surface area contributed by atoms with Crippen LogP contribution >= 0.6 is 11.8 Å². The third-order valence-electron chi connectivity index (χ3n) is 5.25. The van der Waals surface area contributed by atoms with Crippen LogP contribution in [-0.4, -0.2) is 28.7 Å². The molecule has 2 fully saturated rings. The van der Waals surface area contributed by atoms with E-state index in [4.69, 9.17) is 9.72 Å². The lowest BCUT2D eigenvalue weighted by Crippen LogP contribution is -2.63. The summed E-state index contributed by atoms with van der Waals surface area (Å²) in [4.78, 5) is 9.10. The number of benzene rings is 1. The smallest absolute Gasteiger partial charge is 0.146 e. The van der Waals surface area contributed by atoms with Crippen molar-refractivity contribution in [2.45, 2.75) is 43.2 Å². The molecule has 5 heteroatoms. The quantitative estimate of drug-likeness (QED) is 0.833. The highest BCUT2D eigenvalue weighted by Gasteiger charge is 2.59. The van der Waals surface area contributed by atoms with Crippen molar-refractivity contribution in [3.63, 3.8) is 0 Å². The molecule has 0 bridgehead atoms.